The second-order valence-corrected chi connectivity index (χ2v) is 5.53. The maximum Gasteiger partial charge on any atom is 0.416 e. The number of carbonyl (C=O) groups is 2. The zero-order valence-electron chi connectivity index (χ0n) is 13.1. The lowest BCUT2D eigenvalue weighted by Crippen LogP contribution is -2.30. The third-order valence-corrected chi connectivity index (χ3v) is 3.61. The number of hydrogen-bond donors (Lipinski definition) is 1. The maximum atomic E-state index is 12.7. The number of furan rings is 1. The quantitative estimate of drug-likeness (QED) is 0.802. The summed E-state index contributed by atoms with van der Waals surface area (Å²) in [6.07, 6.45) is -4.55. The number of nitrogens with one attached hydrogen (secondary N) is 1. The summed E-state index contributed by atoms with van der Waals surface area (Å²) >= 11 is 5.80. The molecule has 0 radical (unpaired) electrons. The molecule has 1 atom stereocenters. The first-order valence-corrected chi connectivity index (χ1v) is 7.40. The predicted molar refractivity (Wildman–Crippen MR) is 83.4 cm³/mol. The molecular formula is C16H13ClF3NO4. The fourth-order valence-corrected chi connectivity index (χ4v) is 2.07. The highest BCUT2D eigenvalue weighted by molar-refractivity contribution is 6.33. The summed E-state index contributed by atoms with van der Waals surface area (Å²) in [6.45, 7) is 2.83. The van der Waals surface area contributed by atoms with Gasteiger partial charge in [0.15, 0.2) is 6.10 Å². The standard InChI is InChI=1S/C16H13ClF3NO4/c1-8-11(5-6-24-8)15(23)25-9(2)14(22)21-13-7-10(16(18,19)20)3-4-12(13)17/h3-7,9H,1-2H3,(H,21,22)/t9-/m1/s1. The van der Waals surface area contributed by atoms with Crippen LogP contribution in [-0.2, 0) is 15.7 Å². The Bertz CT molecular complexity index is 801. The molecule has 134 valence electrons. The number of halogens is 4. The molecule has 2 rings (SSSR count). The van der Waals surface area contributed by atoms with Gasteiger partial charge in [0.1, 0.15) is 11.3 Å². The number of esters is 1. The summed E-state index contributed by atoms with van der Waals surface area (Å²) in [5.74, 6) is -1.29. The van der Waals surface area contributed by atoms with Crippen molar-refractivity contribution in [3.63, 3.8) is 0 Å². The van der Waals surface area contributed by atoms with Crippen molar-refractivity contribution in [1.29, 1.82) is 0 Å². The topological polar surface area (TPSA) is 68.5 Å². The number of hydrogen-bond acceptors (Lipinski definition) is 4. The number of ether oxygens (including phenoxy) is 1. The lowest BCUT2D eigenvalue weighted by molar-refractivity contribution is -0.137. The van der Waals surface area contributed by atoms with Crippen molar-refractivity contribution in [2.75, 3.05) is 5.32 Å². The summed E-state index contributed by atoms with van der Waals surface area (Å²) in [7, 11) is 0. The second-order valence-electron chi connectivity index (χ2n) is 5.12. The van der Waals surface area contributed by atoms with E-state index in [1.807, 2.05) is 0 Å². The number of amides is 1. The van der Waals surface area contributed by atoms with Gasteiger partial charge in [-0.2, -0.15) is 13.2 Å². The van der Waals surface area contributed by atoms with E-state index in [4.69, 9.17) is 20.8 Å². The van der Waals surface area contributed by atoms with E-state index in [0.717, 1.165) is 12.1 Å². The Balaban J connectivity index is 2.09. The van der Waals surface area contributed by atoms with Gasteiger partial charge in [-0.25, -0.2) is 4.79 Å². The van der Waals surface area contributed by atoms with Crippen molar-refractivity contribution in [3.05, 3.63) is 52.4 Å². The van der Waals surface area contributed by atoms with E-state index < -0.39 is 29.7 Å². The minimum Gasteiger partial charge on any atom is -0.469 e. The van der Waals surface area contributed by atoms with Gasteiger partial charge in [-0.15, -0.1) is 0 Å². The van der Waals surface area contributed by atoms with Crippen LogP contribution in [0.25, 0.3) is 0 Å². The van der Waals surface area contributed by atoms with Gasteiger partial charge in [-0.1, -0.05) is 11.6 Å². The van der Waals surface area contributed by atoms with E-state index in [1.54, 1.807) is 6.92 Å². The SMILES string of the molecule is Cc1occc1C(=O)O[C@H](C)C(=O)Nc1cc(C(F)(F)F)ccc1Cl. The largest absolute Gasteiger partial charge is 0.469 e. The van der Waals surface area contributed by atoms with E-state index in [1.165, 1.54) is 19.3 Å². The highest BCUT2D eigenvalue weighted by atomic mass is 35.5. The van der Waals surface area contributed by atoms with E-state index in [9.17, 15) is 22.8 Å². The normalized spacial score (nSPS) is 12.6. The van der Waals surface area contributed by atoms with Gasteiger partial charge >= 0.3 is 12.1 Å². The van der Waals surface area contributed by atoms with Crippen LogP contribution in [-0.4, -0.2) is 18.0 Å². The molecule has 1 amide bonds. The molecule has 1 N–H and O–H groups in total. The van der Waals surface area contributed by atoms with Gasteiger partial charge in [-0.05, 0) is 38.1 Å². The molecule has 0 unspecified atom stereocenters. The summed E-state index contributed by atoms with van der Waals surface area (Å²) < 4.78 is 48.1. The maximum absolute atomic E-state index is 12.7. The molecule has 0 spiro atoms. The Morgan fingerprint density at radius 1 is 1.28 bits per heavy atom. The Hall–Kier alpha value is -2.48. The van der Waals surface area contributed by atoms with Crippen LogP contribution in [0.1, 0.15) is 28.6 Å². The Labute approximate surface area is 145 Å². The van der Waals surface area contributed by atoms with Crippen molar-refractivity contribution in [2.45, 2.75) is 26.1 Å². The first-order valence-electron chi connectivity index (χ1n) is 7.02. The number of aryl methyl sites for hydroxylation is 1. The molecule has 1 aromatic heterocycles. The number of carbonyl (C=O) groups excluding carboxylic acids is 2. The van der Waals surface area contributed by atoms with Gasteiger partial charge in [0, 0.05) is 0 Å². The molecule has 5 nitrogen and oxygen atoms in total. The summed E-state index contributed by atoms with van der Waals surface area (Å²) in [5, 5.41) is 2.14. The molecule has 0 saturated carbocycles. The van der Waals surface area contributed by atoms with Crippen LogP contribution >= 0.6 is 11.6 Å². The lowest BCUT2D eigenvalue weighted by atomic mass is 10.2. The molecule has 0 aliphatic heterocycles. The first-order chi connectivity index (χ1) is 11.6. The van der Waals surface area contributed by atoms with Gasteiger partial charge in [0.2, 0.25) is 0 Å². The predicted octanol–water partition coefficient (Wildman–Crippen LogP) is 4.44. The fraction of sp³-hybridized carbons (Fsp3) is 0.250. The molecule has 0 fully saturated rings. The zero-order chi connectivity index (χ0) is 18.8. The van der Waals surface area contributed by atoms with Crippen LogP contribution < -0.4 is 5.32 Å². The van der Waals surface area contributed by atoms with Crippen LogP contribution in [0.3, 0.4) is 0 Å². The van der Waals surface area contributed by atoms with Crippen molar-refractivity contribution in [3.8, 4) is 0 Å². The van der Waals surface area contributed by atoms with Crippen LogP contribution in [0.4, 0.5) is 18.9 Å². The second kappa shape index (κ2) is 7.18. The van der Waals surface area contributed by atoms with Crippen molar-refractivity contribution >= 4 is 29.2 Å². The van der Waals surface area contributed by atoms with Crippen molar-refractivity contribution in [1.82, 2.24) is 0 Å². The number of anilines is 1. The highest BCUT2D eigenvalue weighted by Crippen LogP contribution is 2.33. The van der Waals surface area contributed by atoms with Gasteiger partial charge < -0.3 is 14.5 Å². The third-order valence-electron chi connectivity index (χ3n) is 3.28. The van der Waals surface area contributed by atoms with Crippen LogP contribution in [0.5, 0.6) is 0 Å². The molecule has 9 heteroatoms. The van der Waals surface area contributed by atoms with Crippen LogP contribution in [0.15, 0.2) is 34.9 Å². The van der Waals surface area contributed by atoms with Gasteiger partial charge in [0.05, 0.1) is 22.5 Å². The fourth-order valence-electron chi connectivity index (χ4n) is 1.91. The Kier molecular flexibility index (Phi) is 5.42. The first kappa shape index (κ1) is 18.9. The van der Waals surface area contributed by atoms with E-state index in [-0.39, 0.29) is 16.3 Å². The molecule has 0 bridgehead atoms. The van der Waals surface area contributed by atoms with Crippen LogP contribution in [0, 0.1) is 6.92 Å². The Morgan fingerprint density at radius 2 is 1.96 bits per heavy atom. The Morgan fingerprint density at radius 3 is 2.52 bits per heavy atom. The molecule has 1 aromatic carbocycles. The minimum absolute atomic E-state index is 0.0782. The number of rotatable bonds is 4. The molecule has 0 saturated heterocycles. The number of alkyl halides is 3. The van der Waals surface area contributed by atoms with E-state index >= 15 is 0 Å². The van der Waals surface area contributed by atoms with Gasteiger partial charge in [0.25, 0.3) is 5.91 Å². The van der Waals surface area contributed by atoms with Crippen LogP contribution in [0.2, 0.25) is 5.02 Å². The molecule has 25 heavy (non-hydrogen) atoms. The summed E-state index contributed by atoms with van der Waals surface area (Å²) in [5.41, 5.74) is -1.05. The minimum atomic E-state index is -4.58. The average Bonchev–Trinajstić information content (AvgIpc) is 2.94. The summed E-state index contributed by atoms with van der Waals surface area (Å²) in [4.78, 5) is 24.0. The van der Waals surface area contributed by atoms with Crippen molar-refractivity contribution in [2.24, 2.45) is 0 Å². The van der Waals surface area contributed by atoms with E-state index in [2.05, 4.69) is 5.32 Å². The smallest absolute Gasteiger partial charge is 0.416 e. The molecule has 2 aromatic rings. The average molecular weight is 376 g/mol. The number of benzene rings is 1. The third kappa shape index (κ3) is 4.54. The molecule has 1 heterocycles. The molecular weight excluding hydrogens is 363 g/mol. The molecule has 0 aliphatic rings. The highest BCUT2D eigenvalue weighted by Gasteiger charge is 2.31. The molecule has 0 aliphatic carbocycles. The summed E-state index contributed by atoms with van der Waals surface area (Å²) in [6, 6.07) is 3.90. The zero-order valence-corrected chi connectivity index (χ0v) is 13.9. The monoisotopic (exact) mass is 375 g/mol. The lowest BCUT2D eigenvalue weighted by Gasteiger charge is -2.15. The van der Waals surface area contributed by atoms with Gasteiger partial charge in [-0.3, -0.25) is 4.79 Å². The van der Waals surface area contributed by atoms with Crippen molar-refractivity contribution < 1.29 is 31.9 Å². The van der Waals surface area contributed by atoms with E-state index in [0.29, 0.717) is 11.8 Å².